The summed E-state index contributed by atoms with van der Waals surface area (Å²) >= 11 is 0. The number of methoxy groups -OCH3 is 1. The molecule has 0 fully saturated rings. The minimum atomic E-state index is 0.224. The summed E-state index contributed by atoms with van der Waals surface area (Å²) in [4.78, 5) is 13.2. The third kappa shape index (κ3) is 2.67. The predicted molar refractivity (Wildman–Crippen MR) is 83.0 cm³/mol. The van der Waals surface area contributed by atoms with Crippen molar-refractivity contribution in [3.05, 3.63) is 48.7 Å². The van der Waals surface area contributed by atoms with Crippen molar-refractivity contribution in [1.29, 1.82) is 0 Å². The Labute approximate surface area is 128 Å². The molecule has 3 heterocycles. The number of hydrogen-bond donors (Lipinski definition) is 0. The van der Waals surface area contributed by atoms with Crippen LogP contribution in [-0.4, -0.2) is 31.8 Å². The van der Waals surface area contributed by atoms with Crippen molar-refractivity contribution >= 4 is 0 Å². The quantitative estimate of drug-likeness (QED) is 0.740. The van der Waals surface area contributed by atoms with Crippen molar-refractivity contribution in [2.45, 2.75) is 19.8 Å². The van der Waals surface area contributed by atoms with E-state index in [0.29, 0.717) is 11.5 Å². The van der Waals surface area contributed by atoms with E-state index in [0.717, 1.165) is 17.3 Å². The molecule has 6 nitrogen and oxygen atoms in total. The normalized spacial score (nSPS) is 10.9. The second-order valence-electron chi connectivity index (χ2n) is 5.15. The molecule has 0 aliphatic carbocycles. The third-order valence-electron chi connectivity index (χ3n) is 3.23. The first kappa shape index (κ1) is 14.2. The molecule has 112 valence electrons. The van der Waals surface area contributed by atoms with Gasteiger partial charge in [-0.25, -0.2) is 9.67 Å². The van der Waals surface area contributed by atoms with Crippen LogP contribution in [0.3, 0.4) is 0 Å². The molecule has 0 bridgehead atoms. The van der Waals surface area contributed by atoms with Gasteiger partial charge in [0.2, 0.25) is 0 Å². The largest absolute Gasteiger partial charge is 0.497 e. The maximum absolute atomic E-state index is 5.27. The van der Waals surface area contributed by atoms with E-state index in [2.05, 4.69) is 33.9 Å². The number of rotatable bonds is 4. The molecule has 0 atom stereocenters. The van der Waals surface area contributed by atoms with Crippen LogP contribution >= 0.6 is 0 Å². The van der Waals surface area contributed by atoms with E-state index in [1.807, 2.05) is 18.2 Å². The van der Waals surface area contributed by atoms with Crippen LogP contribution in [-0.2, 0) is 0 Å². The Balaban J connectivity index is 2.17. The Morgan fingerprint density at radius 2 is 2.05 bits per heavy atom. The standard InChI is InChI=1S/C16H17N5O/c1-11(2)15-19-16(14-9-13(22-3)6-8-18-14)21(20-15)12-5-4-7-17-10-12/h4-11H,1-3H3. The van der Waals surface area contributed by atoms with Gasteiger partial charge in [-0.15, -0.1) is 0 Å². The topological polar surface area (TPSA) is 65.7 Å². The van der Waals surface area contributed by atoms with Crippen LogP contribution in [0, 0.1) is 0 Å². The molecule has 0 spiro atoms. The SMILES string of the molecule is COc1ccnc(-c2nc(C(C)C)nn2-c2cccnc2)c1. The van der Waals surface area contributed by atoms with Gasteiger partial charge in [0.25, 0.3) is 0 Å². The summed E-state index contributed by atoms with van der Waals surface area (Å²) in [5.41, 5.74) is 1.56. The first-order valence-corrected chi connectivity index (χ1v) is 7.07. The molecule has 0 radical (unpaired) electrons. The highest BCUT2D eigenvalue weighted by atomic mass is 16.5. The Kier molecular flexibility index (Phi) is 3.82. The zero-order valence-corrected chi connectivity index (χ0v) is 12.8. The average Bonchev–Trinajstić information content (AvgIpc) is 3.01. The van der Waals surface area contributed by atoms with E-state index in [4.69, 9.17) is 4.74 Å². The lowest BCUT2D eigenvalue weighted by atomic mass is 10.2. The van der Waals surface area contributed by atoms with Crippen LogP contribution in [0.15, 0.2) is 42.9 Å². The van der Waals surface area contributed by atoms with Gasteiger partial charge in [-0.1, -0.05) is 13.8 Å². The molecular formula is C16H17N5O. The number of pyridine rings is 2. The minimum absolute atomic E-state index is 0.224. The molecule has 3 aromatic heterocycles. The van der Waals surface area contributed by atoms with Crippen molar-refractivity contribution in [3.8, 4) is 23.0 Å². The van der Waals surface area contributed by atoms with E-state index in [1.54, 1.807) is 36.4 Å². The summed E-state index contributed by atoms with van der Waals surface area (Å²) in [7, 11) is 1.63. The summed E-state index contributed by atoms with van der Waals surface area (Å²) in [6.07, 6.45) is 5.18. The van der Waals surface area contributed by atoms with E-state index < -0.39 is 0 Å². The van der Waals surface area contributed by atoms with Gasteiger partial charge in [0.05, 0.1) is 19.0 Å². The first-order chi connectivity index (χ1) is 10.7. The maximum atomic E-state index is 5.27. The van der Waals surface area contributed by atoms with Crippen molar-refractivity contribution < 1.29 is 4.74 Å². The molecule has 6 heteroatoms. The molecule has 22 heavy (non-hydrogen) atoms. The molecule has 0 aliphatic rings. The molecule has 0 aliphatic heterocycles. The van der Waals surface area contributed by atoms with Crippen molar-refractivity contribution in [3.63, 3.8) is 0 Å². The smallest absolute Gasteiger partial charge is 0.182 e. The van der Waals surface area contributed by atoms with Gasteiger partial charge >= 0.3 is 0 Å². The Morgan fingerprint density at radius 1 is 1.18 bits per heavy atom. The van der Waals surface area contributed by atoms with Gasteiger partial charge < -0.3 is 4.74 Å². The zero-order valence-electron chi connectivity index (χ0n) is 12.8. The fraction of sp³-hybridized carbons (Fsp3) is 0.250. The second kappa shape index (κ2) is 5.93. The zero-order chi connectivity index (χ0) is 15.5. The van der Waals surface area contributed by atoms with Crippen LogP contribution < -0.4 is 4.74 Å². The van der Waals surface area contributed by atoms with E-state index in [-0.39, 0.29) is 5.92 Å². The van der Waals surface area contributed by atoms with Gasteiger partial charge in [-0.05, 0) is 18.2 Å². The van der Waals surface area contributed by atoms with Crippen LogP contribution in [0.5, 0.6) is 5.75 Å². The molecule has 0 saturated carbocycles. The molecule has 0 amide bonds. The molecule has 0 saturated heterocycles. The van der Waals surface area contributed by atoms with Crippen LogP contribution in [0.2, 0.25) is 0 Å². The third-order valence-corrected chi connectivity index (χ3v) is 3.23. The van der Waals surface area contributed by atoms with Crippen LogP contribution in [0.4, 0.5) is 0 Å². The van der Waals surface area contributed by atoms with Crippen LogP contribution in [0.25, 0.3) is 17.2 Å². The van der Waals surface area contributed by atoms with Gasteiger partial charge in [0.1, 0.15) is 11.4 Å². The number of nitrogens with zero attached hydrogens (tertiary/aromatic N) is 5. The fourth-order valence-electron chi connectivity index (χ4n) is 2.06. The second-order valence-corrected chi connectivity index (χ2v) is 5.15. The fourth-order valence-corrected chi connectivity index (χ4v) is 2.06. The predicted octanol–water partition coefficient (Wildman–Crippen LogP) is 2.86. The van der Waals surface area contributed by atoms with Gasteiger partial charge in [-0.3, -0.25) is 9.97 Å². The molecule has 3 rings (SSSR count). The highest BCUT2D eigenvalue weighted by molar-refractivity contribution is 5.55. The van der Waals surface area contributed by atoms with E-state index >= 15 is 0 Å². The van der Waals surface area contributed by atoms with Gasteiger partial charge in [-0.2, -0.15) is 5.10 Å². The summed E-state index contributed by atoms with van der Waals surface area (Å²) < 4.78 is 7.03. The summed E-state index contributed by atoms with van der Waals surface area (Å²) in [6, 6.07) is 7.46. The molecule has 0 unspecified atom stereocenters. The van der Waals surface area contributed by atoms with E-state index in [9.17, 15) is 0 Å². The number of hydrogen-bond acceptors (Lipinski definition) is 5. The highest BCUT2D eigenvalue weighted by Crippen LogP contribution is 2.24. The minimum Gasteiger partial charge on any atom is -0.497 e. The number of ether oxygens (including phenoxy) is 1. The van der Waals surface area contributed by atoms with Crippen molar-refractivity contribution in [1.82, 2.24) is 24.7 Å². The summed E-state index contributed by atoms with van der Waals surface area (Å²) in [6.45, 7) is 4.12. The Hall–Kier alpha value is -2.76. The summed E-state index contributed by atoms with van der Waals surface area (Å²) in [5.74, 6) is 2.40. The summed E-state index contributed by atoms with van der Waals surface area (Å²) in [5, 5.41) is 4.60. The Bertz CT molecular complexity index is 767. The van der Waals surface area contributed by atoms with Crippen LogP contribution in [0.1, 0.15) is 25.6 Å². The van der Waals surface area contributed by atoms with Gasteiger partial charge in [0.15, 0.2) is 11.6 Å². The van der Waals surface area contributed by atoms with Crippen molar-refractivity contribution in [2.24, 2.45) is 0 Å². The molecule has 0 N–H and O–H groups in total. The molecular weight excluding hydrogens is 278 g/mol. The average molecular weight is 295 g/mol. The van der Waals surface area contributed by atoms with Gasteiger partial charge in [0, 0.05) is 24.4 Å². The lowest BCUT2D eigenvalue weighted by molar-refractivity contribution is 0.414. The van der Waals surface area contributed by atoms with E-state index in [1.165, 1.54) is 0 Å². The molecule has 0 aromatic carbocycles. The maximum Gasteiger partial charge on any atom is 0.182 e. The molecule has 3 aromatic rings. The monoisotopic (exact) mass is 295 g/mol. The first-order valence-electron chi connectivity index (χ1n) is 7.07. The Morgan fingerprint density at radius 3 is 2.73 bits per heavy atom. The van der Waals surface area contributed by atoms with Crippen molar-refractivity contribution in [2.75, 3.05) is 7.11 Å². The lowest BCUT2D eigenvalue weighted by Gasteiger charge is -2.06. The number of aromatic nitrogens is 5. The highest BCUT2D eigenvalue weighted by Gasteiger charge is 2.17. The lowest BCUT2D eigenvalue weighted by Crippen LogP contribution is -2.01.